The molecule has 0 aliphatic heterocycles. The quantitative estimate of drug-likeness (QED) is 0.878. The summed E-state index contributed by atoms with van der Waals surface area (Å²) < 4.78 is 0. The summed E-state index contributed by atoms with van der Waals surface area (Å²) in [5.74, 6) is 0.0750. The number of pyridine rings is 1. The topological polar surface area (TPSA) is 59.2 Å². The summed E-state index contributed by atoms with van der Waals surface area (Å²) in [7, 11) is 0. The minimum absolute atomic E-state index is 0.0750. The molecule has 4 nitrogen and oxygen atoms in total. The summed E-state index contributed by atoms with van der Waals surface area (Å²) in [5, 5.41) is 0.994. The van der Waals surface area contributed by atoms with E-state index in [9.17, 15) is 4.79 Å². The van der Waals surface area contributed by atoms with Crippen molar-refractivity contribution in [1.29, 1.82) is 0 Å². The molecule has 0 saturated carbocycles. The van der Waals surface area contributed by atoms with Gasteiger partial charge in [-0.3, -0.25) is 9.78 Å². The summed E-state index contributed by atoms with van der Waals surface area (Å²) in [6, 6.07) is 9.52. The Hall–Kier alpha value is -1.94. The molecule has 20 heavy (non-hydrogen) atoms. The maximum atomic E-state index is 12.5. The summed E-state index contributed by atoms with van der Waals surface area (Å²) in [6.07, 6.45) is 3.54. The van der Waals surface area contributed by atoms with Gasteiger partial charge in [0, 0.05) is 30.2 Å². The summed E-state index contributed by atoms with van der Waals surface area (Å²) in [6.45, 7) is 4.17. The summed E-state index contributed by atoms with van der Waals surface area (Å²) in [4.78, 5) is 18.7. The molecule has 106 valence electrons. The minimum Gasteiger partial charge on any atom is -0.339 e. The maximum Gasteiger partial charge on any atom is 0.253 e. The average molecular weight is 271 g/mol. The number of amides is 1. The minimum atomic E-state index is 0.0750. The van der Waals surface area contributed by atoms with Crippen LogP contribution in [0.2, 0.25) is 0 Å². The highest BCUT2D eigenvalue weighted by Crippen LogP contribution is 2.15. The van der Waals surface area contributed by atoms with Crippen molar-refractivity contribution in [1.82, 2.24) is 9.88 Å². The third kappa shape index (κ3) is 3.33. The van der Waals surface area contributed by atoms with Crippen molar-refractivity contribution in [2.45, 2.75) is 19.8 Å². The molecule has 0 aliphatic rings. The molecule has 0 aliphatic carbocycles. The molecule has 0 radical (unpaired) electrons. The molecule has 2 N–H and O–H groups in total. The van der Waals surface area contributed by atoms with E-state index in [4.69, 9.17) is 5.73 Å². The normalized spacial score (nSPS) is 10.7. The van der Waals surface area contributed by atoms with E-state index in [2.05, 4.69) is 11.9 Å². The van der Waals surface area contributed by atoms with Gasteiger partial charge in [-0.25, -0.2) is 0 Å². The molecule has 0 spiro atoms. The molecule has 0 atom stereocenters. The number of carbonyl (C=O) groups excluding carboxylic acids is 1. The third-order valence-corrected chi connectivity index (χ3v) is 3.26. The van der Waals surface area contributed by atoms with Crippen molar-refractivity contribution >= 4 is 16.8 Å². The van der Waals surface area contributed by atoms with Gasteiger partial charge in [-0.1, -0.05) is 13.0 Å². The number of nitrogens with two attached hydrogens (primary N) is 1. The molecular formula is C16H21N3O. The fraction of sp³-hybridized carbons (Fsp3) is 0.375. The fourth-order valence-electron chi connectivity index (χ4n) is 2.26. The molecule has 2 rings (SSSR count). The van der Waals surface area contributed by atoms with Crippen molar-refractivity contribution in [3.63, 3.8) is 0 Å². The first-order valence-corrected chi connectivity index (χ1v) is 7.10. The molecule has 4 heteroatoms. The first kappa shape index (κ1) is 14.5. The van der Waals surface area contributed by atoms with Crippen LogP contribution in [0.1, 0.15) is 30.1 Å². The van der Waals surface area contributed by atoms with Crippen LogP contribution in [-0.4, -0.2) is 35.4 Å². The van der Waals surface area contributed by atoms with E-state index >= 15 is 0 Å². The Morgan fingerprint density at radius 1 is 1.30 bits per heavy atom. The lowest BCUT2D eigenvalue weighted by atomic mass is 10.1. The first-order chi connectivity index (χ1) is 9.76. The number of nitrogens with zero attached hydrogens (tertiary/aromatic N) is 2. The zero-order valence-corrected chi connectivity index (χ0v) is 11.9. The van der Waals surface area contributed by atoms with Crippen LogP contribution in [0.3, 0.4) is 0 Å². The van der Waals surface area contributed by atoms with E-state index in [-0.39, 0.29) is 5.91 Å². The SMILES string of the molecule is CCCN(CCCN)C(=O)c1ccc2ncccc2c1. The van der Waals surface area contributed by atoms with E-state index in [0.717, 1.165) is 35.9 Å². The van der Waals surface area contributed by atoms with Gasteiger partial charge in [-0.05, 0) is 43.7 Å². The zero-order valence-electron chi connectivity index (χ0n) is 11.9. The average Bonchev–Trinajstić information content (AvgIpc) is 2.50. The lowest BCUT2D eigenvalue weighted by molar-refractivity contribution is 0.0755. The van der Waals surface area contributed by atoms with Crippen molar-refractivity contribution < 1.29 is 4.79 Å². The summed E-state index contributed by atoms with van der Waals surface area (Å²) in [5.41, 5.74) is 7.17. The molecule has 0 saturated heterocycles. The second-order valence-corrected chi connectivity index (χ2v) is 4.85. The largest absolute Gasteiger partial charge is 0.339 e. The van der Waals surface area contributed by atoms with Crippen LogP contribution in [0.5, 0.6) is 0 Å². The highest BCUT2D eigenvalue weighted by molar-refractivity contribution is 5.97. The van der Waals surface area contributed by atoms with Crippen molar-refractivity contribution in [3.05, 3.63) is 42.1 Å². The highest BCUT2D eigenvalue weighted by Gasteiger charge is 2.14. The van der Waals surface area contributed by atoms with E-state index in [1.165, 1.54) is 0 Å². The predicted octanol–water partition coefficient (Wildman–Crippen LogP) is 2.44. The van der Waals surface area contributed by atoms with Crippen molar-refractivity contribution in [2.24, 2.45) is 5.73 Å². The maximum absolute atomic E-state index is 12.5. The van der Waals surface area contributed by atoms with E-state index < -0.39 is 0 Å². The van der Waals surface area contributed by atoms with Crippen LogP contribution < -0.4 is 5.73 Å². The van der Waals surface area contributed by atoms with Crippen molar-refractivity contribution in [3.8, 4) is 0 Å². The second-order valence-electron chi connectivity index (χ2n) is 4.85. The Morgan fingerprint density at radius 3 is 2.90 bits per heavy atom. The van der Waals surface area contributed by atoms with Crippen LogP contribution in [0.25, 0.3) is 10.9 Å². The Bertz CT molecular complexity index is 583. The Balaban J connectivity index is 2.23. The fourth-order valence-corrected chi connectivity index (χ4v) is 2.26. The van der Waals surface area contributed by atoms with Crippen LogP contribution in [0.15, 0.2) is 36.5 Å². The van der Waals surface area contributed by atoms with Gasteiger partial charge in [0.2, 0.25) is 0 Å². The van der Waals surface area contributed by atoms with Gasteiger partial charge >= 0.3 is 0 Å². The van der Waals surface area contributed by atoms with Crippen LogP contribution in [0.4, 0.5) is 0 Å². The van der Waals surface area contributed by atoms with Crippen LogP contribution in [0, 0.1) is 0 Å². The number of hydrogen-bond acceptors (Lipinski definition) is 3. The standard InChI is InChI=1S/C16H21N3O/c1-2-10-19(11-4-8-17)16(20)14-6-7-15-13(12-14)5-3-9-18-15/h3,5-7,9,12H,2,4,8,10-11,17H2,1H3. The lowest BCUT2D eigenvalue weighted by Gasteiger charge is -2.22. The van der Waals surface area contributed by atoms with Crippen LogP contribution in [-0.2, 0) is 0 Å². The van der Waals surface area contributed by atoms with Gasteiger partial charge in [0.1, 0.15) is 0 Å². The highest BCUT2D eigenvalue weighted by atomic mass is 16.2. The van der Waals surface area contributed by atoms with Gasteiger partial charge in [-0.15, -0.1) is 0 Å². The van der Waals surface area contributed by atoms with Gasteiger partial charge in [-0.2, -0.15) is 0 Å². The molecule has 2 aromatic rings. The second kappa shape index (κ2) is 7.01. The molecule has 0 unspecified atom stereocenters. The third-order valence-electron chi connectivity index (χ3n) is 3.26. The number of aromatic nitrogens is 1. The smallest absolute Gasteiger partial charge is 0.253 e. The van der Waals surface area contributed by atoms with Gasteiger partial charge in [0.25, 0.3) is 5.91 Å². The molecule has 0 bridgehead atoms. The van der Waals surface area contributed by atoms with E-state index in [1.54, 1.807) is 6.20 Å². The molecular weight excluding hydrogens is 250 g/mol. The number of benzene rings is 1. The predicted molar refractivity (Wildman–Crippen MR) is 81.6 cm³/mol. The number of fused-ring (bicyclic) bond motifs is 1. The van der Waals surface area contributed by atoms with Gasteiger partial charge in [0.15, 0.2) is 0 Å². The van der Waals surface area contributed by atoms with Gasteiger partial charge < -0.3 is 10.6 Å². The molecule has 1 aromatic heterocycles. The number of rotatable bonds is 6. The van der Waals surface area contributed by atoms with E-state index in [1.807, 2.05) is 35.2 Å². The van der Waals surface area contributed by atoms with Crippen molar-refractivity contribution in [2.75, 3.05) is 19.6 Å². The summed E-state index contributed by atoms with van der Waals surface area (Å²) >= 11 is 0. The van der Waals surface area contributed by atoms with Gasteiger partial charge in [0.05, 0.1) is 5.52 Å². The Labute approximate surface area is 119 Å². The molecule has 0 fully saturated rings. The Kier molecular flexibility index (Phi) is 5.07. The zero-order chi connectivity index (χ0) is 14.4. The molecule has 1 heterocycles. The Morgan fingerprint density at radius 2 is 2.15 bits per heavy atom. The van der Waals surface area contributed by atoms with Crippen LogP contribution >= 0.6 is 0 Å². The monoisotopic (exact) mass is 271 g/mol. The molecule has 1 aromatic carbocycles. The lowest BCUT2D eigenvalue weighted by Crippen LogP contribution is -2.33. The van der Waals surface area contributed by atoms with E-state index in [0.29, 0.717) is 13.1 Å². The first-order valence-electron chi connectivity index (χ1n) is 7.10. The molecule has 1 amide bonds. The number of carbonyl (C=O) groups is 1. The number of hydrogen-bond donors (Lipinski definition) is 1.